The molecule has 1 aromatic carbocycles. The number of carbonyl (C=O) groups is 2. The topological polar surface area (TPSA) is 110 Å². The Labute approximate surface area is 423 Å². The molecule has 1 rings (SSSR count). The zero-order valence-electron chi connectivity index (χ0n) is 42.5. The van der Waals surface area contributed by atoms with Crippen molar-refractivity contribution in [3.8, 4) is 0 Å². The number of carbonyl (C=O) groups excluding carboxylic acids is 2. The second-order valence-electron chi connectivity index (χ2n) is 18.6. The van der Waals surface area contributed by atoms with E-state index in [1.165, 1.54) is 218 Å². The van der Waals surface area contributed by atoms with Crippen LogP contribution in [0.5, 0.6) is 0 Å². The number of allylic oxidation sites excluding steroid dienone is 4. The average molecular weight is 937 g/mol. The first kappa shape index (κ1) is 63.5. The molecule has 0 fully saturated rings. The van der Waals surface area contributed by atoms with E-state index in [4.69, 9.17) is 9.47 Å². The van der Waals surface area contributed by atoms with Crippen LogP contribution in [0.1, 0.15) is 291 Å². The van der Waals surface area contributed by atoms with Gasteiger partial charge < -0.3 is 14.0 Å². The molecule has 1 aromatic rings. The van der Waals surface area contributed by atoms with Crippen LogP contribution in [0, 0.1) is 0 Å². The van der Waals surface area contributed by atoms with Crippen molar-refractivity contribution >= 4 is 22.1 Å². The van der Waals surface area contributed by atoms with E-state index in [-0.39, 0.29) is 53.9 Å². The fourth-order valence-corrected chi connectivity index (χ4v) is 8.84. The van der Waals surface area contributed by atoms with Crippen molar-refractivity contribution in [2.24, 2.45) is 0 Å². The molecule has 0 aliphatic rings. The van der Waals surface area contributed by atoms with E-state index >= 15 is 0 Å². The summed E-state index contributed by atoms with van der Waals surface area (Å²) in [7, 11) is -4.82. The van der Waals surface area contributed by atoms with Crippen molar-refractivity contribution in [2.45, 2.75) is 276 Å². The van der Waals surface area contributed by atoms with Crippen LogP contribution in [0.4, 0.5) is 0 Å². The van der Waals surface area contributed by atoms with Gasteiger partial charge in [0, 0.05) is 0 Å². The van der Waals surface area contributed by atoms with Crippen LogP contribution < -0.4 is 29.6 Å². The normalized spacial score (nSPS) is 11.7. The molecule has 0 unspecified atom stereocenters. The molecule has 0 saturated carbocycles. The van der Waals surface area contributed by atoms with E-state index in [0.29, 0.717) is 12.8 Å². The van der Waals surface area contributed by atoms with Gasteiger partial charge in [-0.3, -0.25) is 0 Å². The van der Waals surface area contributed by atoms with Gasteiger partial charge in [0.2, 0.25) is 0 Å². The third kappa shape index (κ3) is 40.2. The number of benzene rings is 1. The zero-order valence-corrected chi connectivity index (χ0v) is 45.3. The zero-order chi connectivity index (χ0) is 46.4. The number of ether oxygens (including phenoxy) is 2. The largest absolute Gasteiger partial charge is 1.00 e. The van der Waals surface area contributed by atoms with Gasteiger partial charge in [-0.25, -0.2) is 18.0 Å². The summed E-state index contributed by atoms with van der Waals surface area (Å²) in [6.07, 6.45) is 59.5. The number of esters is 2. The van der Waals surface area contributed by atoms with Crippen LogP contribution in [0.3, 0.4) is 0 Å². The Morgan fingerprint density at radius 2 is 0.677 bits per heavy atom. The Morgan fingerprint density at radius 1 is 0.415 bits per heavy atom. The predicted octanol–water partition coefficient (Wildman–Crippen LogP) is 14.7. The monoisotopic (exact) mass is 937 g/mol. The molecule has 0 N–H and O–H groups in total. The number of hydrogen-bond donors (Lipinski definition) is 0. The van der Waals surface area contributed by atoms with E-state index in [1.54, 1.807) is 0 Å². The van der Waals surface area contributed by atoms with Gasteiger partial charge in [-0.1, -0.05) is 244 Å². The number of unbranched alkanes of at least 4 members (excludes halogenated alkanes) is 36. The Hall–Kier alpha value is -1.45. The molecule has 9 heteroatoms. The Kier molecular flexibility index (Phi) is 46.5. The van der Waals surface area contributed by atoms with Crippen molar-refractivity contribution in [2.75, 3.05) is 13.2 Å². The van der Waals surface area contributed by atoms with Crippen molar-refractivity contribution in [1.29, 1.82) is 0 Å². The summed E-state index contributed by atoms with van der Waals surface area (Å²) in [5.41, 5.74) is -0.326. The minimum atomic E-state index is -4.82. The Morgan fingerprint density at radius 3 is 0.969 bits per heavy atom. The molecule has 0 atom stereocenters. The minimum absolute atomic E-state index is 0. The maximum atomic E-state index is 13.0. The Bertz CT molecular complexity index is 1410. The van der Waals surface area contributed by atoms with Crippen LogP contribution in [0.2, 0.25) is 0 Å². The molecular formula is C56H97NaO7S. The van der Waals surface area contributed by atoms with Gasteiger partial charge in [-0.05, 0) is 69.6 Å². The van der Waals surface area contributed by atoms with Gasteiger partial charge in [0.1, 0.15) is 10.1 Å². The fourth-order valence-electron chi connectivity index (χ4n) is 8.35. The van der Waals surface area contributed by atoms with E-state index in [1.807, 2.05) is 0 Å². The first-order valence-electron chi connectivity index (χ1n) is 27.0. The summed E-state index contributed by atoms with van der Waals surface area (Å²) in [5, 5.41) is 0. The molecule has 7 nitrogen and oxygen atoms in total. The summed E-state index contributed by atoms with van der Waals surface area (Å²) < 4.78 is 46.0. The van der Waals surface area contributed by atoms with E-state index in [0.717, 1.165) is 44.2 Å². The molecule has 0 spiro atoms. The van der Waals surface area contributed by atoms with Gasteiger partial charge in [-0.15, -0.1) is 0 Å². The number of rotatable bonds is 47. The molecule has 0 aliphatic carbocycles. The Balaban J connectivity index is 0.0000410. The van der Waals surface area contributed by atoms with E-state index in [9.17, 15) is 22.6 Å². The molecule has 0 amide bonds. The van der Waals surface area contributed by atoms with Gasteiger partial charge in [0.15, 0.2) is 0 Å². The maximum Gasteiger partial charge on any atom is 1.00 e. The standard InChI is InChI=1S/C56H98O7S.Na/c1-3-5-7-9-11-13-15-17-19-21-23-25-27-29-31-33-35-37-39-41-43-45-49-62-55(57)53-48-47-52(64(59,60)61)51-54(53)56(58)63-50-46-44-42-40-38-36-34-32-30-28-26-24-22-20-18-16-14-12-10-8-6-4-2;/h7-10,47-48,51H,3-6,11-46,49-50H2,1-2H3,(H,59,60,61);/q;+1/p-1/b9-7+,10-8+;. The summed E-state index contributed by atoms with van der Waals surface area (Å²) in [5.74, 6) is -1.53. The van der Waals surface area contributed by atoms with Crippen molar-refractivity contribution in [1.82, 2.24) is 0 Å². The van der Waals surface area contributed by atoms with E-state index in [2.05, 4.69) is 38.2 Å². The van der Waals surface area contributed by atoms with Crippen LogP contribution in [-0.4, -0.2) is 38.1 Å². The minimum Gasteiger partial charge on any atom is -0.744 e. The summed E-state index contributed by atoms with van der Waals surface area (Å²) in [4.78, 5) is 25.4. The van der Waals surface area contributed by atoms with Gasteiger partial charge >= 0.3 is 41.5 Å². The quantitative estimate of drug-likeness (QED) is 0.0210. The first-order valence-corrected chi connectivity index (χ1v) is 28.5. The van der Waals surface area contributed by atoms with Crippen LogP contribution >= 0.6 is 0 Å². The molecule has 0 radical (unpaired) electrons. The smallest absolute Gasteiger partial charge is 0.744 e. The molecule has 65 heavy (non-hydrogen) atoms. The summed E-state index contributed by atoms with van der Waals surface area (Å²) >= 11 is 0. The second-order valence-corrected chi connectivity index (χ2v) is 19.9. The van der Waals surface area contributed by atoms with Crippen molar-refractivity contribution < 1.29 is 61.6 Å². The predicted molar refractivity (Wildman–Crippen MR) is 269 cm³/mol. The third-order valence-corrected chi connectivity index (χ3v) is 13.3. The molecule has 0 saturated heterocycles. The maximum absolute atomic E-state index is 13.0. The molecular weight excluding hydrogens is 840 g/mol. The molecule has 0 aliphatic heterocycles. The third-order valence-electron chi connectivity index (χ3n) is 12.5. The SMILES string of the molecule is CCC/C=C/CCCCCCCCCCCCCCCCCCCOC(=O)c1ccc(S(=O)(=O)[O-])cc1C(=O)OCCCCCCCCCCCCCCCCCCC/C=C/CCC.[Na+]. The van der Waals surface area contributed by atoms with Crippen molar-refractivity contribution in [3.63, 3.8) is 0 Å². The second kappa shape index (κ2) is 47.6. The molecule has 0 heterocycles. The average Bonchev–Trinajstić information content (AvgIpc) is 3.28. The summed E-state index contributed by atoms with van der Waals surface area (Å²) in [6, 6.07) is 3.17. The van der Waals surface area contributed by atoms with Crippen LogP contribution in [0.15, 0.2) is 47.4 Å². The fraction of sp³-hybridized carbons (Fsp3) is 0.786. The molecule has 0 aromatic heterocycles. The van der Waals surface area contributed by atoms with E-state index < -0.39 is 27.0 Å². The van der Waals surface area contributed by atoms with Crippen LogP contribution in [0.25, 0.3) is 0 Å². The summed E-state index contributed by atoms with van der Waals surface area (Å²) in [6.45, 7) is 4.83. The first-order chi connectivity index (χ1) is 31.3. The molecule has 370 valence electrons. The molecule has 0 bridgehead atoms. The van der Waals surface area contributed by atoms with Gasteiger partial charge in [0.25, 0.3) is 0 Å². The van der Waals surface area contributed by atoms with Crippen molar-refractivity contribution in [3.05, 3.63) is 53.6 Å². The number of hydrogen-bond acceptors (Lipinski definition) is 7. The van der Waals surface area contributed by atoms with Gasteiger partial charge in [0.05, 0.1) is 29.2 Å². The van der Waals surface area contributed by atoms with Gasteiger partial charge in [-0.2, -0.15) is 0 Å². The van der Waals surface area contributed by atoms with Crippen LogP contribution in [-0.2, 0) is 19.6 Å².